The van der Waals surface area contributed by atoms with Crippen molar-refractivity contribution in [2.45, 2.75) is 96.9 Å². The van der Waals surface area contributed by atoms with E-state index in [1.165, 1.54) is 0 Å². The van der Waals surface area contributed by atoms with Gasteiger partial charge in [-0.2, -0.15) is 0 Å². The average molecular weight is 301 g/mol. The van der Waals surface area contributed by atoms with Crippen molar-refractivity contribution < 1.29 is 0 Å². The Kier molecular flexibility index (Phi) is 89.2. The van der Waals surface area contributed by atoms with Gasteiger partial charge in [-0.05, 0) is 5.41 Å². The highest BCUT2D eigenvalue weighted by atomic mass is 14.0. The summed E-state index contributed by atoms with van der Waals surface area (Å²) in [5.74, 6) is 0. The van der Waals surface area contributed by atoms with E-state index in [4.69, 9.17) is 0 Å². The summed E-state index contributed by atoms with van der Waals surface area (Å²) in [6, 6.07) is 12.0. The van der Waals surface area contributed by atoms with Crippen LogP contribution in [0.2, 0.25) is 0 Å². The van der Waals surface area contributed by atoms with Gasteiger partial charge in [0.05, 0.1) is 0 Å². The molecule has 1 rings (SSSR count). The molecule has 0 atom stereocenters. The molecule has 0 aliphatic rings. The minimum absolute atomic E-state index is 0.500. The van der Waals surface area contributed by atoms with E-state index in [1.54, 1.807) is 0 Å². The van der Waals surface area contributed by atoms with Crippen LogP contribution in [0.25, 0.3) is 0 Å². The summed E-state index contributed by atoms with van der Waals surface area (Å²) < 4.78 is 0. The molecule has 0 saturated carbocycles. The van der Waals surface area contributed by atoms with Crippen LogP contribution in [-0.2, 0) is 0 Å². The molecule has 0 saturated heterocycles. The maximum atomic E-state index is 2.19. The first-order chi connectivity index (χ1) is 10.0. The van der Waals surface area contributed by atoms with Gasteiger partial charge in [-0.15, -0.1) is 0 Å². The molecule has 0 radical (unpaired) electrons. The zero-order valence-electron chi connectivity index (χ0n) is 18.0. The maximum absolute atomic E-state index is 2.19. The van der Waals surface area contributed by atoms with E-state index in [1.807, 2.05) is 106 Å². The molecule has 0 aliphatic heterocycles. The summed E-state index contributed by atoms with van der Waals surface area (Å²) in [6.07, 6.45) is 0. The fourth-order valence-electron chi connectivity index (χ4n) is 0.385. The molecule has 1 aromatic carbocycles. The van der Waals surface area contributed by atoms with Crippen molar-refractivity contribution in [2.24, 2.45) is 5.41 Å². The van der Waals surface area contributed by atoms with Crippen molar-refractivity contribution in [3.05, 3.63) is 36.4 Å². The first-order valence-corrected chi connectivity index (χ1v) is 9.00. The highest BCUT2D eigenvalue weighted by Crippen LogP contribution is 2.08. The van der Waals surface area contributed by atoms with Crippen LogP contribution in [0.15, 0.2) is 36.4 Å². The van der Waals surface area contributed by atoms with Gasteiger partial charge in [0.15, 0.2) is 0 Å². The van der Waals surface area contributed by atoms with Crippen LogP contribution in [0.5, 0.6) is 0 Å². The maximum Gasteiger partial charge on any atom is -0.0411 e. The number of benzene rings is 1. The van der Waals surface area contributed by atoms with Crippen molar-refractivity contribution in [1.29, 1.82) is 0 Å². The van der Waals surface area contributed by atoms with Crippen LogP contribution < -0.4 is 0 Å². The molecule has 0 N–H and O–H groups in total. The third kappa shape index (κ3) is 209. The van der Waals surface area contributed by atoms with Gasteiger partial charge in [-0.3, -0.25) is 0 Å². The Hall–Kier alpha value is -0.780. The summed E-state index contributed by atoms with van der Waals surface area (Å²) in [4.78, 5) is 0. The Morgan fingerprint density at radius 2 is 0.381 bits per heavy atom. The second kappa shape index (κ2) is 50.7. The summed E-state index contributed by atoms with van der Waals surface area (Å²) in [5.41, 5.74) is 0.500. The largest absolute Gasteiger partial charge is 0.0683 e. The van der Waals surface area contributed by atoms with Crippen LogP contribution in [0.4, 0.5) is 0 Å². The number of hydrogen-bond donors (Lipinski definition) is 0. The average Bonchev–Trinajstić information content (AvgIpc) is 2.57. The van der Waals surface area contributed by atoms with Gasteiger partial charge in [-0.25, -0.2) is 0 Å². The monoisotopic (exact) mass is 300 g/mol. The fraction of sp³-hybridized carbons (Fsp3) is 0.714. The zero-order valence-corrected chi connectivity index (χ0v) is 18.0. The van der Waals surface area contributed by atoms with Crippen molar-refractivity contribution in [3.63, 3.8) is 0 Å². The molecule has 0 bridgehead atoms. The van der Waals surface area contributed by atoms with Crippen LogP contribution in [-0.4, -0.2) is 0 Å². The lowest BCUT2D eigenvalue weighted by molar-refractivity contribution is 0.469. The molecule has 0 spiro atoms. The lowest BCUT2D eigenvalue weighted by Crippen LogP contribution is -1.93. The summed E-state index contributed by atoms with van der Waals surface area (Å²) in [5, 5.41) is 0. The van der Waals surface area contributed by atoms with Crippen LogP contribution in [0.3, 0.4) is 0 Å². The third-order valence-corrected chi connectivity index (χ3v) is 0.667. The van der Waals surface area contributed by atoms with E-state index < -0.39 is 0 Å². The van der Waals surface area contributed by atoms with Gasteiger partial charge in [0.2, 0.25) is 0 Å². The molecule has 0 fully saturated rings. The standard InChI is InChI=1S/C6H6.C5H12.5C2H6/c1-2-4-6-5-3-1;1-5(2,3)4;5*1-2/h1-6H;1-4H3;5*1-2H3. The van der Waals surface area contributed by atoms with Crippen molar-refractivity contribution in [2.75, 3.05) is 0 Å². The highest BCUT2D eigenvalue weighted by Gasteiger charge is 1.95. The van der Waals surface area contributed by atoms with Crippen molar-refractivity contribution >= 4 is 0 Å². The molecule has 0 heteroatoms. The van der Waals surface area contributed by atoms with Crippen molar-refractivity contribution in [1.82, 2.24) is 0 Å². The van der Waals surface area contributed by atoms with Gasteiger partial charge in [0, 0.05) is 0 Å². The summed E-state index contributed by atoms with van der Waals surface area (Å²) >= 11 is 0. The molecule has 0 heterocycles. The van der Waals surface area contributed by atoms with Gasteiger partial charge >= 0.3 is 0 Å². The van der Waals surface area contributed by atoms with E-state index in [9.17, 15) is 0 Å². The normalized spacial score (nSPS) is 6.57. The minimum Gasteiger partial charge on any atom is -0.0683 e. The minimum atomic E-state index is 0.500. The Bertz CT molecular complexity index is 124. The molecule has 0 aliphatic carbocycles. The smallest absolute Gasteiger partial charge is 0.0411 e. The molecule has 132 valence electrons. The molecule has 0 amide bonds. The quantitative estimate of drug-likeness (QED) is 0.448. The topological polar surface area (TPSA) is 0 Å². The van der Waals surface area contributed by atoms with E-state index >= 15 is 0 Å². The van der Waals surface area contributed by atoms with Gasteiger partial charge in [0.1, 0.15) is 0 Å². The predicted octanol–water partition coefficient (Wildman–Crippen LogP) is 8.87. The summed E-state index contributed by atoms with van der Waals surface area (Å²) in [7, 11) is 0. The lowest BCUT2D eigenvalue weighted by atomic mass is 10.0. The molecular weight excluding hydrogens is 252 g/mol. The van der Waals surface area contributed by atoms with Crippen molar-refractivity contribution in [3.8, 4) is 0 Å². The highest BCUT2D eigenvalue weighted by molar-refractivity contribution is 4.99. The Balaban J connectivity index is -0.0000000342. The Labute approximate surface area is 139 Å². The fourth-order valence-corrected chi connectivity index (χ4v) is 0.385. The lowest BCUT2D eigenvalue weighted by Gasteiger charge is -2.05. The number of rotatable bonds is 0. The van der Waals surface area contributed by atoms with Gasteiger partial charge in [0.25, 0.3) is 0 Å². The molecule has 0 nitrogen and oxygen atoms in total. The first kappa shape index (κ1) is 36.9. The van der Waals surface area contributed by atoms with Crippen LogP contribution in [0, 0.1) is 5.41 Å². The zero-order chi connectivity index (χ0) is 18.7. The molecule has 0 unspecified atom stereocenters. The number of hydrogen-bond acceptors (Lipinski definition) is 0. The molecule has 1 aromatic rings. The molecular formula is C21H48. The summed E-state index contributed by atoms with van der Waals surface area (Å²) in [6.45, 7) is 28.8. The van der Waals surface area contributed by atoms with Crippen LogP contribution in [0.1, 0.15) is 96.9 Å². The van der Waals surface area contributed by atoms with E-state index in [0.29, 0.717) is 5.41 Å². The SMILES string of the molecule is CC.CC.CC.CC.CC.CC(C)(C)C.c1ccccc1. The third-order valence-electron chi connectivity index (χ3n) is 0.667. The Morgan fingerprint density at radius 3 is 0.429 bits per heavy atom. The second-order valence-corrected chi connectivity index (χ2v) is 4.15. The first-order valence-electron chi connectivity index (χ1n) is 9.00. The van der Waals surface area contributed by atoms with Crippen LogP contribution >= 0.6 is 0 Å². The van der Waals surface area contributed by atoms with E-state index in [-0.39, 0.29) is 0 Å². The van der Waals surface area contributed by atoms with E-state index in [2.05, 4.69) is 27.7 Å². The van der Waals surface area contributed by atoms with E-state index in [0.717, 1.165) is 0 Å². The molecule has 21 heavy (non-hydrogen) atoms. The predicted molar refractivity (Wildman–Crippen MR) is 108 cm³/mol. The Morgan fingerprint density at radius 1 is 0.333 bits per heavy atom. The van der Waals surface area contributed by atoms with Gasteiger partial charge in [-0.1, -0.05) is 133 Å². The second-order valence-electron chi connectivity index (χ2n) is 4.15. The van der Waals surface area contributed by atoms with Gasteiger partial charge < -0.3 is 0 Å². The molecule has 0 aromatic heterocycles.